The SMILES string of the molecule is COc1ccc(C2=NN(C(=O)CN3C(=O)N[C@]4(CCCc5ccccc54)C3=O)[C@@H](c3ccco3)C2)cc1. The van der Waals surface area contributed by atoms with E-state index in [2.05, 4.69) is 10.4 Å². The van der Waals surface area contributed by atoms with E-state index in [0.29, 0.717) is 24.3 Å². The molecule has 2 aromatic carbocycles. The van der Waals surface area contributed by atoms with Crippen LogP contribution in [0.1, 0.15) is 47.8 Å². The first-order chi connectivity index (χ1) is 18.0. The Balaban J connectivity index is 1.28. The summed E-state index contributed by atoms with van der Waals surface area (Å²) in [4.78, 5) is 41.3. The summed E-state index contributed by atoms with van der Waals surface area (Å²) >= 11 is 0. The Morgan fingerprint density at radius 2 is 1.95 bits per heavy atom. The number of carbonyl (C=O) groups excluding carboxylic acids is 3. The Morgan fingerprint density at radius 3 is 2.70 bits per heavy atom. The van der Waals surface area contributed by atoms with Crippen LogP contribution >= 0.6 is 0 Å². The summed E-state index contributed by atoms with van der Waals surface area (Å²) in [6.45, 7) is -0.412. The van der Waals surface area contributed by atoms with Gasteiger partial charge in [0.2, 0.25) is 0 Å². The number of aryl methyl sites for hydroxylation is 1. The van der Waals surface area contributed by atoms with E-state index in [4.69, 9.17) is 9.15 Å². The minimum Gasteiger partial charge on any atom is -0.497 e. The van der Waals surface area contributed by atoms with Crippen LogP contribution in [0.2, 0.25) is 0 Å². The van der Waals surface area contributed by atoms with Gasteiger partial charge in [-0.3, -0.25) is 14.5 Å². The summed E-state index contributed by atoms with van der Waals surface area (Å²) < 4.78 is 10.9. The van der Waals surface area contributed by atoms with Crippen molar-refractivity contribution in [2.24, 2.45) is 5.10 Å². The molecule has 2 atom stereocenters. The van der Waals surface area contributed by atoms with Gasteiger partial charge in [-0.05, 0) is 72.4 Å². The van der Waals surface area contributed by atoms with Crippen molar-refractivity contribution in [2.45, 2.75) is 37.3 Å². The lowest BCUT2D eigenvalue weighted by Gasteiger charge is -2.33. The fourth-order valence-corrected chi connectivity index (χ4v) is 5.56. The van der Waals surface area contributed by atoms with Gasteiger partial charge in [0.1, 0.15) is 29.6 Å². The quantitative estimate of drug-likeness (QED) is 0.540. The molecule has 37 heavy (non-hydrogen) atoms. The fraction of sp³-hybridized carbons (Fsp3) is 0.286. The molecule has 0 unspecified atom stereocenters. The summed E-state index contributed by atoms with van der Waals surface area (Å²) in [5.41, 5.74) is 2.27. The number of carbonyl (C=O) groups is 3. The van der Waals surface area contributed by atoms with Gasteiger partial charge in [-0.15, -0.1) is 0 Å². The lowest BCUT2D eigenvalue weighted by Crippen LogP contribution is -2.47. The van der Waals surface area contributed by atoms with Gasteiger partial charge in [0.15, 0.2) is 0 Å². The van der Waals surface area contributed by atoms with Gasteiger partial charge in [-0.25, -0.2) is 9.80 Å². The molecule has 6 rings (SSSR count). The van der Waals surface area contributed by atoms with Crippen molar-refractivity contribution in [3.8, 4) is 5.75 Å². The largest absolute Gasteiger partial charge is 0.497 e. The second-order valence-electron chi connectivity index (χ2n) is 9.49. The van der Waals surface area contributed by atoms with Crippen molar-refractivity contribution < 1.29 is 23.5 Å². The van der Waals surface area contributed by atoms with E-state index in [1.165, 1.54) is 5.01 Å². The second kappa shape index (κ2) is 8.92. The first-order valence-electron chi connectivity index (χ1n) is 12.3. The summed E-state index contributed by atoms with van der Waals surface area (Å²) in [6.07, 6.45) is 4.10. The number of nitrogens with one attached hydrogen (secondary N) is 1. The molecule has 0 radical (unpaired) electrons. The Kier molecular flexibility index (Phi) is 5.55. The van der Waals surface area contributed by atoms with Crippen molar-refractivity contribution >= 4 is 23.6 Å². The number of ether oxygens (including phenoxy) is 1. The first-order valence-corrected chi connectivity index (χ1v) is 12.3. The second-order valence-corrected chi connectivity index (χ2v) is 9.49. The summed E-state index contributed by atoms with van der Waals surface area (Å²) in [6, 6.07) is 17.6. The Morgan fingerprint density at radius 1 is 1.14 bits per heavy atom. The molecule has 2 aliphatic heterocycles. The molecule has 1 aromatic heterocycles. The molecule has 0 bridgehead atoms. The van der Waals surface area contributed by atoms with E-state index in [-0.39, 0.29) is 0 Å². The van der Waals surface area contributed by atoms with Crippen molar-refractivity contribution in [1.29, 1.82) is 0 Å². The van der Waals surface area contributed by atoms with E-state index in [9.17, 15) is 14.4 Å². The van der Waals surface area contributed by atoms with Gasteiger partial charge >= 0.3 is 6.03 Å². The van der Waals surface area contributed by atoms with Gasteiger partial charge in [0.05, 0.1) is 19.1 Å². The molecule has 9 heteroatoms. The maximum absolute atomic E-state index is 13.7. The number of hydrazone groups is 1. The Hall–Kier alpha value is -4.40. The molecular weight excluding hydrogens is 472 g/mol. The molecule has 9 nitrogen and oxygen atoms in total. The average Bonchev–Trinajstić information content (AvgIpc) is 3.66. The number of hydrogen-bond donors (Lipinski definition) is 1. The van der Waals surface area contributed by atoms with Crippen LogP contribution in [0.3, 0.4) is 0 Å². The van der Waals surface area contributed by atoms with Crippen molar-refractivity contribution in [1.82, 2.24) is 15.2 Å². The van der Waals surface area contributed by atoms with E-state index < -0.39 is 36.0 Å². The van der Waals surface area contributed by atoms with Crippen LogP contribution in [0.4, 0.5) is 4.79 Å². The molecule has 1 spiro atoms. The average molecular weight is 499 g/mol. The van der Waals surface area contributed by atoms with Gasteiger partial charge < -0.3 is 14.5 Å². The van der Waals surface area contributed by atoms with Crippen LogP contribution in [0.25, 0.3) is 0 Å². The van der Waals surface area contributed by atoms with Crippen LogP contribution in [0.5, 0.6) is 5.75 Å². The van der Waals surface area contributed by atoms with Gasteiger partial charge in [-0.1, -0.05) is 24.3 Å². The highest BCUT2D eigenvalue weighted by Gasteiger charge is 2.54. The number of hydrogen-bond acceptors (Lipinski definition) is 6. The minimum absolute atomic E-state index is 0.397. The lowest BCUT2D eigenvalue weighted by atomic mass is 9.76. The van der Waals surface area contributed by atoms with Crippen LogP contribution < -0.4 is 10.1 Å². The van der Waals surface area contributed by atoms with E-state index in [1.807, 2.05) is 48.5 Å². The molecule has 1 N–H and O–H groups in total. The number of fused-ring (bicyclic) bond motifs is 2. The van der Waals surface area contributed by atoms with Gasteiger partial charge in [-0.2, -0.15) is 5.10 Å². The van der Waals surface area contributed by atoms with Crippen LogP contribution in [0, 0.1) is 0 Å². The molecule has 1 aliphatic carbocycles. The Bertz CT molecular complexity index is 1400. The summed E-state index contributed by atoms with van der Waals surface area (Å²) in [5, 5.41) is 8.85. The Labute approximate surface area is 213 Å². The number of furan rings is 1. The monoisotopic (exact) mass is 498 g/mol. The highest BCUT2D eigenvalue weighted by Crippen LogP contribution is 2.40. The van der Waals surface area contributed by atoms with E-state index >= 15 is 0 Å². The smallest absolute Gasteiger partial charge is 0.325 e. The molecule has 1 fully saturated rings. The topological polar surface area (TPSA) is 104 Å². The summed E-state index contributed by atoms with van der Waals surface area (Å²) in [7, 11) is 1.60. The number of amides is 4. The predicted octanol–water partition coefficient (Wildman–Crippen LogP) is 3.75. The number of urea groups is 1. The van der Waals surface area contributed by atoms with Crippen LogP contribution in [0.15, 0.2) is 76.4 Å². The third-order valence-electron chi connectivity index (χ3n) is 7.40. The molecule has 3 heterocycles. The van der Waals surface area contributed by atoms with Crippen molar-refractivity contribution in [3.63, 3.8) is 0 Å². The predicted molar refractivity (Wildman–Crippen MR) is 134 cm³/mol. The van der Waals surface area contributed by atoms with Crippen molar-refractivity contribution in [2.75, 3.05) is 13.7 Å². The number of imide groups is 1. The molecule has 188 valence electrons. The zero-order chi connectivity index (χ0) is 25.6. The molecule has 1 saturated heterocycles. The zero-order valence-electron chi connectivity index (χ0n) is 20.3. The summed E-state index contributed by atoms with van der Waals surface area (Å²) in [5.74, 6) is 0.436. The van der Waals surface area contributed by atoms with Crippen LogP contribution in [-0.2, 0) is 21.5 Å². The minimum atomic E-state index is -1.13. The van der Waals surface area contributed by atoms with Crippen molar-refractivity contribution in [3.05, 3.63) is 89.4 Å². The molecule has 3 aliphatic rings. The van der Waals surface area contributed by atoms with E-state index in [1.54, 1.807) is 25.5 Å². The highest BCUT2D eigenvalue weighted by atomic mass is 16.5. The molecule has 0 saturated carbocycles. The zero-order valence-corrected chi connectivity index (χ0v) is 20.3. The number of methoxy groups -OCH3 is 1. The number of rotatable bonds is 5. The van der Waals surface area contributed by atoms with E-state index in [0.717, 1.165) is 40.2 Å². The standard InChI is InChI=1S/C28H26N4O5/c1-36-20-12-10-19(11-13-20)22-16-23(24-9-5-15-37-24)32(30-22)25(33)17-31-26(34)28(29-27(31)35)14-4-7-18-6-2-3-8-21(18)28/h2-3,5-6,8-13,15,23H,4,7,14,16-17H2,1H3,(H,29,35)/t23-,28+/m1/s1. The lowest BCUT2D eigenvalue weighted by molar-refractivity contribution is -0.140. The van der Waals surface area contributed by atoms with Gasteiger partial charge in [0.25, 0.3) is 11.8 Å². The van der Waals surface area contributed by atoms with Crippen LogP contribution in [-0.4, -0.2) is 47.1 Å². The number of nitrogens with zero attached hydrogens (tertiary/aromatic N) is 3. The third kappa shape index (κ3) is 3.78. The molecular formula is C28H26N4O5. The third-order valence-corrected chi connectivity index (χ3v) is 7.40. The maximum Gasteiger partial charge on any atom is 0.325 e. The normalized spacial score (nSPS) is 22.7. The van der Waals surface area contributed by atoms with Gasteiger partial charge in [0, 0.05) is 6.42 Å². The number of benzene rings is 2. The fourth-order valence-electron chi connectivity index (χ4n) is 5.56. The highest BCUT2D eigenvalue weighted by molar-refractivity contribution is 6.10. The maximum atomic E-state index is 13.7. The first kappa shape index (κ1) is 23.0. The molecule has 3 aromatic rings. The molecule has 4 amide bonds.